The molecule has 0 saturated heterocycles. The van der Waals surface area contributed by atoms with Crippen LogP contribution >= 0.6 is 22.6 Å². The molecule has 140 valence electrons. The summed E-state index contributed by atoms with van der Waals surface area (Å²) in [6.45, 7) is 4.64. The summed E-state index contributed by atoms with van der Waals surface area (Å²) >= 11 is 1.97. The highest BCUT2D eigenvalue weighted by atomic mass is 127. The molecule has 0 aromatic heterocycles. The Morgan fingerprint density at radius 2 is 1.89 bits per heavy atom. The Kier molecular flexibility index (Phi) is 7.49. The first-order chi connectivity index (χ1) is 13.0. The van der Waals surface area contributed by atoms with Gasteiger partial charge in [-0.05, 0) is 84.5 Å². The van der Waals surface area contributed by atoms with E-state index in [0.717, 1.165) is 0 Å². The van der Waals surface area contributed by atoms with Crippen molar-refractivity contribution in [2.24, 2.45) is 0 Å². The summed E-state index contributed by atoms with van der Waals surface area (Å²) in [5.74, 6) is 0.517. The maximum atomic E-state index is 12.4. The van der Waals surface area contributed by atoms with E-state index in [1.807, 2.05) is 35.6 Å². The topological polar surface area (TPSA) is 91.6 Å². The van der Waals surface area contributed by atoms with Crippen LogP contribution in [0, 0.1) is 14.9 Å². The van der Waals surface area contributed by atoms with Crippen LogP contribution < -0.4 is 14.8 Å². The maximum absolute atomic E-state index is 12.4. The number of phenolic OH excluding ortho intramolecular Hbond substituents is 1. The van der Waals surface area contributed by atoms with Gasteiger partial charge in [-0.15, -0.1) is 0 Å². The average molecular weight is 478 g/mol. The van der Waals surface area contributed by atoms with Gasteiger partial charge in [0.2, 0.25) is 0 Å². The number of nitrogens with zero attached hydrogens (tertiary/aromatic N) is 1. The van der Waals surface area contributed by atoms with Crippen molar-refractivity contribution in [1.29, 1.82) is 5.26 Å². The van der Waals surface area contributed by atoms with Crippen molar-refractivity contribution >= 4 is 40.3 Å². The molecule has 1 amide bonds. The van der Waals surface area contributed by atoms with E-state index in [0.29, 0.717) is 39.5 Å². The normalized spacial score (nSPS) is 10.8. The SMILES string of the molecule is CCOc1ccc(NC(=O)/C(C#N)=C\c2cc(I)c(O)c(OCC)c2)cc1. The lowest BCUT2D eigenvalue weighted by molar-refractivity contribution is -0.112. The number of nitrogens with one attached hydrogen (secondary N) is 1. The second-order valence-electron chi connectivity index (χ2n) is 5.36. The minimum absolute atomic E-state index is 0.0342. The zero-order valence-corrected chi connectivity index (χ0v) is 17.1. The highest BCUT2D eigenvalue weighted by molar-refractivity contribution is 14.1. The number of halogens is 1. The average Bonchev–Trinajstić information content (AvgIpc) is 2.65. The van der Waals surface area contributed by atoms with Gasteiger partial charge in [0.1, 0.15) is 17.4 Å². The summed E-state index contributed by atoms with van der Waals surface area (Å²) in [7, 11) is 0. The fourth-order valence-electron chi connectivity index (χ4n) is 2.26. The molecule has 0 aliphatic rings. The van der Waals surface area contributed by atoms with Crippen LogP contribution in [-0.4, -0.2) is 24.2 Å². The number of aromatic hydroxyl groups is 1. The summed E-state index contributed by atoms with van der Waals surface area (Å²) in [5, 5.41) is 22.0. The van der Waals surface area contributed by atoms with E-state index in [-0.39, 0.29) is 11.3 Å². The molecule has 2 aromatic rings. The quantitative estimate of drug-likeness (QED) is 0.351. The molecule has 0 unspecified atom stereocenters. The monoisotopic (exact) mass is 478 g/mol. The molecule has 0 aliphatic carbocycles. The smallest absolute Gasteiger partial charge is 0.266 e. The maximum Gasteiger partial charge on any atom is 0.266 e. The van der Waals surface area contributed by atoms with E-state index in [1.165, 1.54) is 6.08 Å². The Morgan fingerprint density at radius 3 is 2.48 bits per heavy atom. The number of hydrogen-bond donors (Lipinski definition) is 2. The number of nitriles is 1. The first-order valence-electron chi connectivity index (χ1n) is 8.29. The molecule has 0 atom stereocenters. The molecule has 27 heavy (non-hydrogen) atoms. The van der Waals surface area contributed by atoms with Gasteiger partial charge in [0.05, 0.1) is 16.8 Å². The van der Waals surface area contributed by atoms with Gasteiger partial charge in [0, 0.05) is 5.69 Å². The molecule has 0 bridgehead atoms. The zero-order valence-electron chi connectivity index (χ0n) is 15.0. The van der Waals surface area contributed by atoms with E-state index >= 15 is 0 Å². The van der Waals surface area contributed by atoms with Gasteiger partial charge in [-0.3, -0.25) is 4.79 Å². The number of benzene rings is 2. The lowest BCUT2D eigenvalue weighted by atomic mass is 10.1. The van der Waals surface area contributed by atoms with Crippen molar-refractivity contribution in [1.82, 2.24) is 0 Å². The molecule has 0 radical (unpaired) electrons. The number of anilines is 1. The van der Waals surface area contributed by atoms with Crippen molar-refractivity contribution < 1.29 is 19.4 Å². The van der Waals surface area contributed by atoms with Crippen molar-refractivity contribution in [2.45, 2.75) is 13.8 Å². The Morgan fingerprint density at radius 1 is 1.22 bits per heavy atom. The third kappa shape index (κ3) is 5.62. The fourth-order valence-corrected chi connectivity index (χ4v) is 2.88. The van der Waals surface area contributed by atoms with Crippen molar-refractivity contribution in [2.75, 3.05) is 18.5 Å². The molecular weight excluding hydrogens is 459 g/mol. The van der Waals surface area contributed by atoms with Crippen LogP contribution in [0.4, 0.5) is 5.69 Å². The zero-order chi connectivity index (χ0) is 19.8. The molecular formula is C20H19IN2O4. The van der Waals surface area contributed by atoms with Gasteiger partial charge in [0.15, 0.2) is 11.5 Å². The number of carbonyl (C=O) groups excluding carboxylic acids is 1. The summed E-state index contributed by atoms with van der Waals surface area (Å²) in [6, 6.07) is 12.0. The van der Waals surface area contributed by atoms with Crippen molar-refractivity contribution in [3.8, 4) is 23.3 Å². The van der Waals surface area contributed by atoms with Gasteiger partial charge in [-0.25, -0.2) is 0 Å². The summed E-state index contributed by atoms with van der Waals surface area (Å²) in [6.07, 6.45) is 1.45. The van der Waals surface area contributed by atoms with E-state index in [2.05, 4.69) is 5.32 Å². The number of carbonyl (C=O) groups is 1. The van der Waals surface area contributed by atoms with Crippen LogP contribution in [0.1, 0.15) is 19.4 Å². The lowest BCUT2D eigenvalue weighted by Crippen LogP contribution is -2.13. The Bertz CT molecular complexity index is 886. The number of amides is 1. The summed E-state index contributed by atoms with van der Waals surface area (Å²) in [5.41, 5.74) is 1.08. The molecule has 0 saturated carbocycles. The molecule has 0 fully saturated rings. The molecule has 0 heterocycles. The van der Waals surface area contributed by atoms with Crippen molar-refractivity contribution in [3.05, 3.63) is 51.1 Å². The molecule has 6 nitrogen and oxygen atoms in total. The molecule has 2 rings (SSSR count). The van der Waals surface area contributed by atoms with Gasteiger partial charge in [-0.2, -0.15) is 5.26 Å². The largest absolute Gasteiger partial charge is 0.504 e. The number of hydrogen-bond acceptors (Lipinski definition) is 5. The first-order valence-corrected chi connectivity index (χ1v) is 9.37. The van der Waals surface area contributed by atoms with E-state index < -0.39 is 5.91 Å². The van der Waals surface area contributed by atoms with Gasteiger partial charge < -0.3 is 19.9 Å². The predicted molar refractivity (Wildman–Crippen MR) is 112 cm³/mol. The lowest BCUT2D eigenvalue weighted by Gasteiger charge is -2.09. The van der Waals surface area contributed by atoms with Gasteiger partial charge >= 0.3 is 0 Å². The van der Waals surface area contributed by atoms with Gasteiger partial charge in [-0.1, -0.05) is 0 Å². The third-order valence-corrected chi connectivity index (χ3v) is 4.27. The van der Waals surface area contributed by atoms with Gasteiger partial charge in [0.25, 0.3) is 5.91 Å². The Labute approximate surface area is 171 Å². The highest BCUT2D eigenvalue weighted by Crippen LogP contribution is 2.33. The first kappa shape index (κ1) is 20.6. The third-order valence-electron chi connectivity index (χ3n) is 3.45. The van der Waals surface area contributed by atoms with Crippen LogP contribution in [0.3, 0.4) is 0 Å². The minimum atomic E-state index is -0.525. The summed E-state index contributed by atoms with van der Waals surface area (Å²) in [4.78, 5) is 12.4. The predicted octanol–water partition coefficient (Wildman–Crippen LogP) is 4.34. The van der Waals surface area contributed by atoms with Crippen LogP contribution in [0.2, 0.25) is 0 Å². The second-order valence-corrected chi connectivity index (χ2v) is 6.53. The van der Waals surface area contributed by atoms with Crippen LogP contribution in [0.25, 0.3) is 6.08 Å². The highest BCUT2D eigenvalue weighted by Gasteiger charge is 2.13. The second kappa shape index (κ2) is 9.83. The molecule has 0 spiro atoms. The Balaban J connectivity index is 2.22. The number of phenols is 1. The van der Waals surface area contributed by atoms with E-state index in [4.69, 9.17) is 9.47 Å². The Hall–Kier alpha value is -2.73. The molecule has 7 heteroatoms. The number of ether oxygens (including phenoxy) is 2. The molecule has 0 aliphatic heterocycles. The molecule has 2 aromatic carbocycles. The standard InChI is InChI=1S/C20H19IN2O4/c1-3-26-16-7-5-15(6-8-16)23-20(25)14(12-22)9-13-10-17(21)19(24)18(11-13)27-4-2/h5-11,24H,3-4H2,1-2H3,(H,23,25)/b14-9-. The van der Waals surface area contributed by atoms with Crippen LogP contribution in [-0.2, 0) is 4.79 Å². The van der Waals surface area contributed by atoms with Crippen molar-refractivity contribution in [3.63, 3.8) is 0 Å². The van der Waals surface area contributed by atoms with Crippen LogP contribution in [0.5, 0.6) is 17.2 Å². The van der Waals surface area contributed by atoms with E-state index in [9.17, 15) is 15.2 Å². The fraction of sp³-hybridized carbons (Fsp3) is 0.200. The number of rotatable bonds is 7. The molecule has 2 N–H and O–H groups in total. The minimum Gasteiger partial charge on any atom is -0.504 e. The summed E-state index contributed by atoms with van der Waals surface area (Å²) < 4.78 is 11.3. The van der Waals surface area contributed by atoms with Crippen LogP contribution in [0.15, 0.2) is 42.0 Å². The van der Waals surface area contributed by atoms with E-state index in [1.54, 1.807) is 43.3 Å².